The molecule has 25 heavy (non-hydrogen) atoms. The average Bonchev–Trinajstić information content (AvgIpc) is 3.01. The summed E-state index contributed by atoms with van der Waals surface area (Å²) < 4.78 is 5.46. The Hall–Kier alpha value is -2.20. The van der Waals surface area contributed by atoms with Gasteiger partial charge in [-0.15, -0.1) is 0 Å². The molecule has 130 valence electrons. The maximum atomic E-state index is 12.3. The van der Waals surface area contributed by atoms with Crippen LogP contribution in [-0.2, 0) is 16.8 Å². The molecule has 4 rings (SSSR count). The lowest BCUT2D eigenvalue weighted by Crippen LogP contribution is -2.46. The molecule has 2 aromatic rings. The van der Waals surface area contributed by atoms with Crippen molar-refractivity contribution >= 4 is 23.4 Å². The maximum absolute atomic E-state index is 12.3. The number of halogens is 1. The Balaban J connectivity index is 1.39. The summed E-state index contributed by atoms with van der Waals surface area (Å²) in [5, 5.41) is 4.29. The molecule has 1 N–H and O–H groups in total. The fourth-order valence-electron chi connectivity index (χ4n) is 3.92. The highest BCUT2D eigenvalue weighted by Gasteiger charge is 2.43. The number of benzene rings is 2. The third-order valence-electron chi connectivity index (χ3n) is 5.35. The van der Waals surface area contributed by atoms with Crippen LogP contribution in [0.1, 0.15) is 24.0 Å². The van der Waals surface area contributed by atoms with E-state index in [1.807, 2.05) is 47.4 Å². The number of amides is 1. The van der Waals surface area contributed by atoms with Crippen molar-refractivity contribution in [3.05, 3.63) is 64.7 Å². The van der Waals surface area contributed by atoms with Crippen molar-refractivity contribution in [2.45, 2.75) is 24.9 Å². The lowest BCUT2D eigenvalue weighted by Gasteiger charge is -2.39. The predicted molar refractivity (Wildman–Crippen MR) is 99.1 cm³/mol. The van der Waals surface area contributed by atoms with Crippen molar-refractivity contribution in [2.24, 2.45) is 0 Å². The van der Waals surface area contributed by atoms with Crippen molar-refractivity contribution < 1.29 is 9.53 Å². The van der Waals surface area contributed by atoms with Gasteiger partial charge in [0.1, 0.15) is 6.61 Å². The summed E-state index contributed by atoms with van der Waals surface area (Å²) in [4.78, 5) is 14.2. The number of rotatable bonds is 2. The van der Waals surface area contributed by atoms with E-state index >= 15 is 0 Å². The smallest absolute Gasteiger partial charge is 0.410 e. The first-order valence-electron chi connectivity index (χ1n) is 8.66. The Labute approximate surface area is 152 Å². The Bertz CT molecular complexity index is 771. The van der Waals surface area contributed by atoms with E-state index in [1.54, 1.807) is 0 Å². The van der Waals surface area contributed by atoms with Crippen LogP contribution in [0.3, 0.4) is 0 Å². The minimum atomic E-state index is -0.232. The molecule has 1 saturated heterocycles. The topological polar surface area (TPSA) is 41.6 Å². The molecule has 2 aliphatic rings. The first kappa shape index (κ1) is 16.3. The van der Waals surface area contributed by atoms with Gasteiger partial charge in [-0.3, -0.25) is 0 Å². The SMILES string of the molecule is O=C(OCc1ccccc1)N1CCC2(CC1)CNc1cccc(Cl)c12. The molecule has 2 aromatic carbocycles. The summed E-state index contributed by atoms with van der Waals surface area (Å²) in [5.74, 6) is 0. The highest BCUT2D eigenvalue weighted by atomic mass is 35.5. The van der Waals surface area contributed by atoms with Crippen LogP contribution in [0.5, 0.6) is 0 Å². The standard InChI is InChI=1S/C20H21ClN2O2/c21-16-7-4-8-17-18(16)20(14-22-17)9-11-23(12-10-20)19(24)25-13-15-5-2-1-3-6-15/h1-8,22H,9-14H2. The van der Waals surface area contributed by atoms with Crippen molar-refractivity contribution in [2.75, 3.05) is 25.0 Å². The van der Waals surface area contributed by atoms with Crippen LogP contribution >= 0.6 is 11.6 Å². The van der Waals surface area contributed by atoms with Gasteiger partial charge in [0.25, 0.3) is 0 Å². The van der Waals surface area contributed by atoms with E-state index in [4.69, 9.17) is 16.3 Å². The molecule has 1 fully saturated rings. The van der Waals surface area contributed by atoms with Gasteiger partial charge in [-0.05, 0) is 30.5 Å². The summed E-state index contributed by atoms with van der Waals surface area (Å²) in [7, 11) is 0. The molecule has 2 aliphatic heterocycles. The second kappa shape index (κ2) is 6.60. The summed E-state index contributed by atoms with van der Waals surface area (Å²) in [5.41, 5.74) is 3.38. The van der Waals surface area contributed by atoms with Crippen molar-refractivity contribution in [3.63, 3.8) is 0 Å². The minimum Gasteiger partial charge on any atom is -0.445 e. The number of hydrogen-bond donors (Lipinski definition) is 1. The number of hydrogen-bond acceptors (Lipinski definition) is 3. The molecular formula is C20H21ClN2O2. The first-order valence-corrected chi connectivity index (χ1v) is 9.04. The number of ether oxygens (including phenoxy) is 1. The third-order valence-corrected chi connectivity index (χ3v) is 5.66. The average molecular weight is 357 g/mol. The Morgan fingerprint density at radius 1 is 1.12 bits per heavy atom. The predicted octanol–water partition coefficient (Wildman–Crippen LogP) is 4.44. The number of nitrogens with one attached hydrogen (secondary N) is 1. The largest absolute Gasteiger partial charge is 0.445 e. The quantitative estimate of drug-likeness (QED) is 0.865. The van der Waals surface area contributed by atoms with Gasteiger partial charge >= 0.3 is 6.09 Å². The van der Waals surface area contributed by atoms with E-state index in [0.717, 1.165) is 35.7 Å². The minimum absolute atomic E-state index is 0.0316. The van der Waals surface area contributed by atoms with Gasteiger partial charge in [0.2, 0.25) is 0 Å². The van der Waals surface area contributed by atoms with Crippen molar-refractivity contribution in [1.29, 1.82) is 0 Å². The molecule has 0 bridgehead atoms. The molecule has 0 unspecified atom stereocenters. The Kier molecular flexibility index (Phi) is 4.30. The zero-order valence-corrected chi connectivity index (χ0v) is 14.8. The van der Waals surface area contributed by atoms with Gasteiger partial charge in [-0.2, -0.15) is 0 Å². The van der Waals surface area contributed by atoms with E-state index in [0.29, 0.717) is 19.7 Å². The Morgan fingerprint density at radius 2 is 1.88 bits per heavy atom. The van der Waals surface area contributed by atoms with Gasteiger partial charge in [-0.1, -0.05) is 48.0 Å². The molecule has 1 amide bonds. The van der Waals surface area contributed by atoms with E-state index in [-0.39, 0.29) is 11.5 Å². The molecule has 0 aromatic heterocycles. The summed E-state index contributed by atoms with van der Waals surface area (Å²) in [6.45, 7) is 2.59. The fourth-order valence-corrected chi connectivity index (χ4v) is 4.29. The second-order valence-electron chi connectivity index (χ2n) is 6.82. The molecule has 2 heterocycles. The van der Waals surface area contributed by atoms with Crippen LogP contribution in [0.25, 0.3) is 0 Å². The third kappa shape index (κ3) is 3.07. The van der Waals surface area contributed by atoms with Gasteiger partial charge < -0.3 is 15.0 Å². The second-order valence-corrected chi connectivity index (χ2v) is 7.23. The maximum Gasteiger partial charge on any atom is 0.410 e. The number of fused-ring (bicyclic) bond motifs is 2. The van der Waals surface area contributed by atoms with Gasteiger partial charge in [-0.25, -0.2) is 4.79 Å². The van der Waals surface area contributed by atoms with Crippen molar-refractivity contribution in [1.82, 2.24) is 4.90 Å². The van der Waals surface area contributed by atoms with Gasteiger partial charge in [0.05, 0.1) is 0 Å². The molecule has 1 spiro atoms. The van der Waals surface area contributed by atoms with Crippen LogP contribution in [0.15, 0.2) is 48.5 Å². The van der Waals surface area contributed by atoms with Crippen LogP contribution < -0.4 is 5.32 Å². The van der Waals surface area contributed by atoms with E-state index in [9.17, 15) is 4.79 Å². The lowest BCUT2D eigenvalue weighted by molar-refractivity contribution is 0.0794. The molecular weight excluding hydrogens is 336 g/mol. The van der Waals surface area contributed by atoms with Crippen LogP contribution in [-0.4, -0.2) is 30.6 Å². The molecule has 4 nitrogen and oxygen atoms in total. The lowest BCUT2D eigenvalue weighted by atomic mass is 9.74. The van der Waals surface area contributed by atoms with E-state index in [1.165, 1.54) is 5.56 Å². The van der Waals surface area contributed by atoms with Crippen LogP contribution in [0, 0.1) is 0 Å². The number of nitrogens with zero attached hydrogens (tertiary/aromatic N) is 1. The summed E-state index contributed by atoms with van der Waals surface area (Å²) in [6.07, 6.45) is 1.57. The number of piperidine rings is 1. The molecule has 0 saturated carbocycles. The zero-order chi connectivity index (χ0) is 17.3. The number of carbonyl (C=O) groups excluding carboxylic acids is 1. The van der Waals surface area contributed by atoms with Gasteiger partial charge in [0.15, 0.2) is 0 Å². The number of anilines is 1. The Morgan fingerprint density at radius 3 is 2.64 bits per heavy atom. The molecule has 0 atom stereocenters. The van der Waals surface area contributed by atoms with Crippen LogP contribution in [0.2, 0.25) is 5.02 Å². The van der Waals surface area contributed by atoms with Gasteiger partial charge in [0, 0.05) is 41.3 Å². The number of likely N-dealkylation sites (tertiary alicyclic amines) is 1. The van der Waals surface area contributed by atoms with E-state index in [2.05, 4.69) is 11.4 Å². The normalized spacial score (nSPS) is 17.9. The monoisotopic (exact) mass is 356 g/mol. The zero-order valence-electron chi connectivity index (χ0n) is 14.0. The molecule has 5 heteroatoms. The van der Waals surface area contributed by atoms with Crippen molar-refractivity contribution in [3.8, 4) is 0 Å². The summed E-state index contributed by atoms with van der Waals surface area (Å²) in [6, 6.07) is 15.8. The highest BCUT2D eigenvalue weighted by molar-refractivity contribution is 6.32. The first-order chi connectivity index (χ1) is 12.2. The van der Waals surface area contributed by atoms with E-state index < -0.39 is 0 Å². The summed E-state index contributed by atoms with van der Waals surface area (Å²) >= 11 is 6.46. The molecule has 0 aliphatic carbocycles. The number of carbonyl (C=O) groups is 1. The fraction of sp³-hybridized carbons (Fsp3) is 0.350. The van der Waals surface area contributed by atoms with Crippen LogP contribution in [0.4, 0.5) is 10.5 Å². The molecule has 0 radical (unpaired) electrons. The highest BCUT2D eigenvalue weighted by Crippen LogP contribution is 2.47.